The predicted molar refractivity (Wildman–Crippen MR) is 93.2 cm³/mol. The van der Waals surface area contributed by atoms with Gasteiger partial charge < -0.3 is 4.90 Å². The first-order valence-corrected chi connectivity index (χ1v) is 8.85. The Hall–Kier alpha value is -2.30. The smallest absolute Gasteiger partial charge is 0.222 e. The summed E-state index contributed by atoms with van der Waals surface area (Å²) >= 11 is 0. The lowest BCUT2D eigenvalue weighted by molar-refractivity contribution is -0.138. The van der Waals surface area contributed by atoms with Crippen molar-refractivity contribution in [1.82, 2.24) is 4.90 Å². The third kappa shape index (κ3) is 2.44. The molecule has 0 radical (unpaired) electrons. The van der Waals surface area contributed by atoms with E-state index in [1.807, 2.05) is 30.1 Å². The normalized spacial score (nSPS) is 25.0. The van der Waals surface area contributed by atoms with Crippen molar-refractivity contribution in [3.8, 4) is 11.1 Å². The minimum atomic E-state index is -1.45. The molecule has 0 saturated carbocycles. The first-order valence-electron chi connectivity index (χ1n) is 8.85. The van der Waals surface area contributed by atoms with Gasteiger partial charge in [0.2, 0.25) is 5.91 Å². The van der Waals surface area contributed by atoms with E-state index < -0.39 is 17.5 Å². The summed E-state index contributed by atoms with van der Waals surface area (Å²) in [4.78, 5) is 13.9. The Bertz CT molecular complexity index is 887. The van der Waals surface area contributed by atoms with Crippen LogP contribution in [0.2, 0.25) is 0 Å². The van der Waals surface area contributed by atoms with Crippen molar-refractivity contribution in [2.75, 3.05) is 7.05 Å². The van der Waals surface area contributed by atoms with Gasteiger partial charge in [0.15, 0.2) is 17.5 Å². The predicted octanol–water partition coefficient (Wildman–Crippen LogP) is 4.60. The van der Waals surface area contributed by atoms with Crippen molar-refractivity contribution in [3.05, 3.63) is 58.9 Å². The van der Waals surface area contributed by atoms with E-state index in [1.54, 1.807) is 0 Å². The summed E-state index contributed by atoms with van der Waals surface area (Å²) in [7, 11) is 1.87. The molecule has 5 heteroatoms. The van der Waals surface area contributed by atoms with E-state index in [-0.39, 0.29) is 17.4 Å². The SMILES string of the molecule is CN1C(=O)CC[C@]2(C)c3ccc(-c4cc(F)c(F)c(F)c4)cc3CC[C@@H]12. The molecule has 2 aromatic rings. The van der Waals surface area contributed by atoms with E-state index in [1.165, 1.54) is 5.56 Å². The highest BCUT2D eigenvalue weighted by atomic mass is 19.2. The minimum Gasteiger partial charge on any atom is -0.342 e. The molecular formula is C21H20F3NO. The molecule has 0 N–H and O–H groups in total. The monoisotopic (exact) mass is 359 g/mol. The van der Waals surface area contributed by atoms with Gasteiger partial charge in [-0.15, -0.1) is 0 Å². The average Bonchev–Trinajstić information content (AvgIpc) is 2.62. The first kappa shape index (κ1) is 17.1. The topological polar surface area (TPSA) is 20.3 Å². The maximum atomic E-state index is 13.6. The molecule has 2 atom stereocenters. The lowest BCUT2D eigenvalue weighted by Gasteiger charge is -2.50. The molecule has 2 nitrogen and oxygen atoms in total. The van der Waals surface area contributed by atoms with Gasteiger partial charge >= 0.3 is 0 Å². The third-order valence-corrected chi connectivity index (χ3v) is 6.18. The van der Waals surface area contributed by atoms with Crippen molar-refractivity contribution in [2.24, 2.45) is 0 Å². The summed E-state index contributed by atoms with van der Waals surface area (Å²) in [5, 5.41) is 0. The van der Waals surface area contributed by atoms with Crippen LogP contribution in [0.5, 0.6) is 0 Å². The number of piperidine rings is 1. The quantitative estimate of drug-likeness (QED) is 0.682. The van der Waals surface area contributed by atoms with Crippen molar-refractivity contribution >= 4 is 5.91 Å². The second-order valence-electron chi connectivity index (χ2n) is 7.60. The number of amides is 1. The number of hydrogen-bond donors (Lipinski definition) is 0. The van der Waals surface area contributed by atoms with Gasteiger partial charge in [0, 0.05) is 24.9 Å². The molecular weight excluding hydrogens is 339 g/mol. The van der Waals surface area contributed by atoms with Crippen molar-refractivity contribution in [3.63, 3.8) is 0 Å². The number of likely N-dealkylation sites (tertiary alicyclic amines) is 1. The van der Waals surface area contributed by atoms with E-state index >= 15 is 0 Å². The van der Waals surface area contributed by atoms with Gasteiger partial charge in [0.25, 0.3) is 0 Å². The number of halogens is 3. The van der Waals surface area contributed by atoms with Gasteiger partial charge in [-0.1, -0.05) is 25.1 Å². The molecule has 136 valence electrons. The van der Waals surface area contributed by atoms with Crippen LogP contribution in [0.25, 0.3) is 11.1 Å². The largest absolute Gasteiger partial charge is 0.342 e. The molecule has 0 bridgehead atoms. The van der Waals surface area contributed by atoms with Gasteiger partial charge in [-0.3, -0.25) is 4.79 Å². The minimum absolute atomic E-state index is 0.117. The standard InChI is InChI=1S/C21H20F3NO/c1-21-8-7-19(26)25(2)18(21)6-4-13-9-12(3-5-15(13)21)14-10-16(22)20(24)17(23)11-14/h3,5,9-11,18H,4,6-8H2,1-2H3/t18-,21-/m1/s1. The molecule has 1 heterocycles. The first-order chi connectivity index (χ1) is 12.3. The second-order valence-corrected chi connectivity index (χ2v) is 7.60. The fourth-order valence-electron chi connectivity index (χ4n) is 4.69. The zero-order chi connectivity index (χ0) is 18.6. The Morgan fingerprint density at radius 3 is 2.42 bits per heavy atom. The zero-order valence-corrected chi connectivity index (χ0v) is 14.8. The molecule has 1 amide bonds. The number of carbonyl (C=O) groups excluding carboxylic acids is 1. The van der Waals surface area contributed by atoms with Crippen LogP contribution in [0.3, 0.4) is 0 Å². The van der Waals surface area contributed by atoms with Gasteiger partial charge in [0.1, 0.15) is 0 Å². The van der Waals surface area contributed by atoms with E-state index in [4.69, 9.17) is 0 Å². The van der Waals surface area contributed by atoms with Crippen LogP contribution in [0.15, 0.2) is 30.3 Å². The lowest BCUT2D eigenvalue weighted by atomic mass is 9.63. The maximum Gasteiger partial charge on any atom is 0.222 e. The average molecular weight is 359 g/mol. The fraction of sp³-hybridized carbons (Fsp3) is 0.381. The van der Waals surface area contributed by atoms with Crippen LogP contribution < -0.4 is 0 Å². The Morgan fingerprint density at radius 2 is 1.73 bits per heavy atom. The highest BCUT2D eigenvalue weighted by Gasteiger charge is 2.46. The second kappa shape index (κ2) is 5.86. The van der Waals surface area contributed by atoms with Crippen LogP contribution in [-0.4, -0.2) is 23.9 Å². The van der Waals surface area contributed by atoms with E-state index in [9.17, 15) is 18.0 Å². The van der Waals surface area contributed by atoms with Crippen molar-refractivity contribution in [2.45, 2.75) is 44.1 Å². The molecule has 0 spiro atoms. The Kier molecular flexibility index (Phi) is 3.86. The van der Waals surface area contributed by atoms with Crippen LogP contribution >= 0.6 is 0 Å². The maximum absolute atomic E-state index is 13.6. The number of aryl methyl sites for hydroxylation is 1. The molecule has 1 fully saturated rings. The molecule has 1 aliphatic heterocycles. The summed E-state index contributed by atoms with van der Waals surface area (Å²) in [5.41, 5.74) is 3.21. The zero-order valence-electron chi connectivity index (χ0n) is 14.8. The summed E-state index contributed by atoms with van der Waals surface area (Å²) in [6.45, 7) is 2.19. The van der Waals surface area contributed by atoms with Crippen LogP contribution in [-0.2, 0) is 16.6 Å². The molecule has 4 rings (SSSR count). The summed E-state index contributed by atoms with van der Waals surface area (Å²) in [5.74, 6) is -3.63. The van der Waals surface area contributed by atoms with Crippen molar-refractivity contribution in [1.29, 1.82) is 0 Å². The molecule has 2 aromatic carbocycles. The number of rotatable bonds is 1. The van der Waals surface area contributed by atoms with E-state index in [2.05, 4.69) is 6.92 Å². The number of carbonyl (C=O) groups is 1. The van der Waals surface area contributed by atoms with Crippen LogP contribution in [0, 0.1) is 17.5 Å². The number of likely N-dealkylation sites (N-methyl/N-ethyl adjacent to an activating group) is 1. The number of fused-ring (bicyclic) bond motifs is 3. The summed E-state index contributed by atoms with van der Waals surface area (Å²) in [6, 6.07) is 8.00. The highest BCUT2D eigenvalue weighted by Crippen LogP contribution is 2.46. The van der Waals surface area contributed by atoms with Gasteiger partial charge in [-0.05, 0) is 53.6 Å². The van der Waals surface area contributed by atoms with Crippen molar-refractivity contribution < 1.29 is 18.0 Å². The molecule has 1 saturated heterocycles. The molecule has 26 heavy (non-hydrogen) atoms. The van der Waals surface area contributed by atoms with E-state index in [0.29, 0.717) is 17.5 Å². The fourth-order valence-corrected chi connectivity index (χ4v) is 4.69. The summed E-state index contributed by atoms with van der Waals surface area (Å²) < 4.78 is 40.4. The van der Waals surface area contributed by atoms with Gasteiger partial charge in [0.05, 0.1) is 0 Å². The van der Waals surface area contributed by atoms with Crippen LogP contribution in [0.4, 0.5) is 13.2 Å². The summed E-state index contributed by atoms with van der Waals surface area (Å²) in [6.07, 6.45) is 2.99. The third-order valence-electron chi connectivity index (χ3n) is 6.18. The Balaban J connectivity index is 1.77. The molecule has 0 unspecified atom stereocenters. The Morgan fingerprint density at radius 1 is 1.04 bits per heavy atom. The number of hydrogen-bond acceptors (Lipinski definition) is 1. The lowest BCUT2D eigenvalue weighted by Crippen LogP contribution is -2.56. The van der Waals surface area contributed by atoms with Crippen LogP contribution in [0.1, 0.15) is 37.3 Å². The highest BCUT2D eigenvalue weighted by molar-refractivity contribution is 5.78. The number of nitrogens with zero attached hydrogens (tertiary/aromatic N) is 1. The number of benzene rings is 2. The van der Waals surface area contributed by atoms with E-state index in [0.717, 1.165) is 37.0 Å². The molecule has 1 aliphatic carbocycles. The molecule has 2 aliphatic rings. The van der Waals surface area contributed by atoms with Gasteiger partial charge in [-0.2, -0.15) is 0 Å². The Labute approximate surface area is 150 Å². The molecule has 0 aromatic heterocycles. The van der Waals surface area contributed by atoms with Gasteiger partial charge in [-0.25, -0.2) is 13.2 Å².